The van der Waals surface area contributed by atoms with E-state index in [1.54, 1.807) is 6.26 Å². The summed E-state index contributed by atoms with van der Waals surface area (Å²) in [5.74, 6) is 2.22. The van der Waals surface area contributed by atoms with Crippen molar-refractivity contribution in [2.45, 2.75) is 52.7 Å². The third-order valence-electron chi connectivity index (χ3n) is 8.34. The number of piperidine rings is 1. The maximum absolute atomic E-state index is 7.01. The highest BCUT2D eigenvalue weighted by atomic mass is 35.5. The van der Waals surface area contributed by atoms with Crippen LogP contribution in [0.4, 0.5) is 11.4 Å². The summed E-state index contributed by atoms with van der Waals surface area (Å²) >= 11 is 13.0. The van der Waals surface area contributed by atoms with Crippen LogP contribution in [0.3, 0.4) is 0 Å². The summed E-state index contributed by atoms with van der Waals surface area (Å²) in [5, 5.41) is 5.01. The van der Waals surface area contributed by atoms with Gasteiger partial charge in [-0.2, -0.15) is 0 Å². The van der Waals surface area contributed by atoms with Crippen LogP contribution in [0.25, 0.3) is 0 Å². The average Bonchev–Trinajstić information content (AvgIpc) is 3.63. The maximum atomic E-state index is 7.01. The number of halogens is 1. The zero-order valence-electron chi connectivity index (χ0n) is 23.5. The molecule has 0 bridgehead atoms. The van der Waals surface area contributed by atoms with Crippen molar-refractivity contribution in [3.63, 3.8) is 0 Å². The third kappa shape index (κ3) is 5.01. The van der Waals surface area contributed by atoms with Gasteiger partial charge in [-0.1, -0.05) is 31.5 Å². The molecule has 1 aromatic carbocycles. The van der Waals surface area contributed by atoms with Gasteiger partial charge in [0, 0.05) is 36.4 Å². The summed E-state index contributed by atoms with van der Waals surface area (Å²) < 4.78 is 7.98. The molecule has 40 heavy (non-hydrogen) atoms. The molecule has 0 saturated carbocycles. The molecule has 2 aliphatic rings. The number of hydrogen-bond acceptors (Lipinski definition) is 4. The van der Waals surface area contributed by atoms with Crippen molar-refractivity contribution in [1.29, 1.82) is 0 Å². The van der Waals surface area contributed by atoms with Crippen LogP contribution >= 0.6 is 23.8 Å². The van der Waals surface area contributed by atoms with Crippen LogP contribution in [0.15, 0.2) is 71.5 Å². The number of aromatic nitrogens is 2. The summed E-state index contributed by atoms with van der Waals surface area (Å²) in [6, 6.07) is 18.4. The average molecular weight is 574 g/mol. The van der Waals surface area contributed by atoms with Crippen molar-refractivity contribution in [2.75, 3.05) is 22.9 Å². The van der Waals surface area contributed by atoms with E-state index in [0.717, 1.165) is 40.9 Å². The third-order valence-corrected chi connectivity index (χ3v) is 8.96. The molecule has 4 atom stereocenters. The Morgan fingerprint density at radius 2 is 1.85 bits per heavy atom. The Kier molecular flexibility index (Phi) is 7.36. The van der Waals surface area contributed by atoms with Gasteiger partial charge in [-0.3, -0.25) is 4.98 Å². The zero-order chi connectivity index (χ0) is 28.0. The molecule has 8 heteroatoms. The van der Waals surface area contributed by atoms with E-state index in [2.05, 4.69) is 77.7 Å². The molecule has 2 saturated heterocycles. The monoisotopic (exact) mass is 573 g/mol. The fourth-order valence-corrected chi connectivity index (χ4v) is 7.28. The van der Waals surface area contributed by atoms with Crippen molar-refractivity contribution < 1.29 is 4.42 Å². The molecule has 6 nitrogen and oxygen atoms in total. The number of furan rings is 1. The first-order chi connectivity index (χ1) is 19.3. The number of pyridine rings is 1. The zero-order valence-corrected chi connectivity index (χ0v) is 25.0. The van der Waals surface area contributed by atoms with Gasteiger partial charge in [0.25, 0.3) is 0 Å². The van der Waals surface area contributed by atoms with Gasteiger partial charge in [0.15, 0.2) is 5.11 Å². The van der Waals surface area contributed by atoms with Gasteiger partial charge in [-0.05, 0) is 98.4 Å². The number of hydrogen-bond donors (Lipinski definition) is 1. The molecule has 2 fully saturated rings. The van der Waals surface area contributed by atoms with E-state index in [-0.39, 0.29) is 12.1 Å². The van der Waals surface area contributed by atoms with Gasteiger partial charge in [-0.25, -0.2) is 0 Å². The first kappa shape index (κ1) is 26.9. The summed E-state index contributed by atoms with van der Waals surface area (Å²) in [4.78, 5) is 9.37. The Balaban J connectivity index is 1.41. The van der Waals surface area contributed by atoms with Crippen LogP contribution in [0.2, 0.25) is 5.02 Å². The molecule has 0 amide bonds. The smallest absolute Gasteiger partial charge is 0.174 e. The molecule has 208 valence electrons. The highest BCUT2D eigenvalue weighted by Gasteiger charge is 2.42. The largest absolute Gasteiger partial charge is 0.467 e. The minimum absolute atomic E-state index is 0.101. The second kappa shape index (κ2) is 10.9. The van der Waals surface area contributed by atoms with E-state index >= 15 is 0 Å². The fourth-order valence-electron chi connectivity index (χ4n) is 6.64. The van der Waals surface area contributed by atoms with E-state index in [9.17, 15) is 0 Å². The van der Waals surface area contributed by atoms with Crippen molar-refractivity contribution in [2.24, 2.45) is 11.8 Å². The van der Waals surface area contributed by atoms with Crippen LogP contribution in [0.1, 0.15) is 60.8 Å². The lowest BCUT2D eigenvalue weighted by Gasteiger charge is -2.37. The predicted octanol–water partition coefficient (Wildman–Crippen LogP) is 7.45. The lowest BCUT2D eigenvalue weighted by Crippen LogP contribution is -2.38. The minimum Gasteiger partial charge on any atom is -0.467 e. The van der Waals surface area contributed by atoms with Gasteiger partial charge in [0.2, 0.25) is 0 Å². The van der Waals surface area contributed by atoms with E-state index in [0.29, 0.717) is 23.5 Å². The number of rotatable bonds is 6. The Labute approximate surface area is 246 Å². The lowest BCUT2D eigenvalue weighted by molar-refractivity contribution is 0.357. The second-order valence-electron chi connectivity index (χ2n) is 11.5. The topological polar surface area (TPSA) is 49.5 Å². The predicted molar refractivity (Wildman–Crippen MR) is 166 cm³/mol. The fraction of sp³-hybridized carbons (Fsp3) is 0.375. The van der Waals surface area contributed by atoms with Gasteiger partial charge < -0.3 is 24.1 Å². The van der Waals surface area contributed by atoms with E-state index in [1.807, 2.05) is 30.5 Å². The molecule has 0 radical (unpaired) electrons. The lowest BCUT2D eigenvalue weighted by atomic mass is 9.91. The van der Waals surface area contributed by atoms with Crippen molar-refractivity contribution >= 4 is 40.3 Å². The molecule has 1 N–H and O–H groups in total. The highest BCUT2D eigenvalue weighted by molar-refractivity contribution is 7.80. The molecule has 5 heterocycles. The van der Waals surface area contributed by atoms with Gasteiger partial charge in [-0.15, -0.1) is 0 Å². The second-order valence-corrected chi connectivity index (χ2v) is 12.3. The Hall–Kier alpha value is -3.29. The normalized spacial score (nSPS) is 23.1. The van der Waals surface area contributed by atoms with Crippen LogP contribution < -0.4 is 15.1 Å². The first-order valence-electron chi connectivity index (χ1n) is 14.0. The summed E-state index contributed by atoms with van der Waals surface area (Å²) in [5.41, 5.74) is 6.57. The summed E-state index contributed by atoms with van der Waals surface area (Å²) in [7, 11) is 0. The Bertz CT molecular complexity index is 1490. The number of aryl methyl sites for hydroxylation is 1. The van der Waals surface area contributed by atoms with Gasteiger partial charge in [0.05, 0.1) is 41.3 Å². The minimum atomic E-state index is -0.117. The molecule has 2 aliphatic heterocycles. The van der Waals surface area contributed by atoms with Gasteiger partial charge in [0.1, 0.15) is 5.76 Å². The Morgan fingerprint density at radius 1 is 1.05 bits per heavy atom. The molecule has 0 unspecified atom stereocenters. The van der Waals surface area contributed by atoms with Crippen molar-refractivity contribution in [3.05, 3.63) is 100 Å². The quantitative estimate of drug-likeness (QED) is 0.242. The van der Waals surface area contributed by atoms with Crippen molar-refractivity contribution in [1.82, 2.24) is 14.9 Å². The summed E-state index contributed by atoms with van der Waals surface area (Å²) in [6.45, 7) is 11.7. The highest BCUT2D eigenvalue weighted by Crippen LogP contribution is 2.45. The van der Waals surface area contributed by atoms with Crippen molar-refractivity contribution in [3.8, 4) is 0 Å². The molecule has 0 spiro atoms. The molecule has 0 aliphatic carbocycles. The van der Waals surface area contributed by atoms with Crippen LogP contribution in [-0.4, -0.2) is 27.8 Å². The number of nitrogens with zero attached hydrogens (tertiary/aromatic N) is 4. The number of thiocarbonyl (C=S) groups is 1. The Morgan fingerprint density at radius 3 is 2.52 bits per heavy atom. The molecule has 4 aromatic rings. The molecular formula is C32H36ClN5OS. The van der Waals surface area contributed by atoms with E-state index in [4.69, 9.17) is 33.2 Å². The van der Waals surface area contributed by atoms with Crippen LogP contribution in [0, 0.1) is 25.7 Å². The van der Waals surface area contributed by atoms with Gasteiger partial charge >= 0.3 is 0 Å². The molecular weight excluding hydrogens is 538 g/mol. The number of benzene rings is 1. The number of nitrogens with one attached hydrogen (secondary N) is 1. The maximum Gasteiger partial charge on any atom is 0.174 e. The summed E-state index contributed by atoms with van der Waals surface area (Å²) in [6.07, 6.45) is 4.82. The standard InChI is InChI=1S/C32H36ClN5OS/c1-20-14-21(2)18-36(17-20)29-11-10-24(16-27(29)33)38-31(30(35-32(38)40)28-9-5-6-12-34-28)26-15-22(3)37(23(26)4)19-25-8-7-13-39-25/h5-13,15-16,20-21,30-31H,14,17-19H2,1-4H3,(H,35,40)/t20-,21-,30+,31-/m1/s1. The molecule has 6 rings (SSSR count). The number of anilines is 2. The molecule has 3 aromatic heterocycles. The van der Waals surface area contributed by atoms with Crippen LogP contribution in [-0.2, 0) is 6.54 Å². The van der Waals surface area contributed by atoms with E-state index in [1.165, 1.54) is 23.4 Å². The van der Waals surface area contributed by atoms with Crippen LogP contribution in [0.5, 0.6) is 0 Å². The SMILES string of the molecule is Cc1cc([C@@H]2[C@H](c3ccccn3)NC(=S)N2c2ccc(N3C[C@H](C)C[C@@H](C)C3)c(Cl)c2)c(C)n1Cc1ccco1. The van der Waals surface area contributed by atoms with E-state index < -0.39 is 0 Å². The first-order valence-corrected chi connectivity index (χ1v) is 14.8.